The third-order valence-electron chi connectivity index (χ3n) is 2.05. The van der Waals surface area contributed by atoms with Gasteiger partial charge in [-0.3, -0.25) is 4.99 Å². The highest BCUT2D eigenvalue weighted by Crippen LogP contribution is 2.15. The molecule has 0 unspecified atom stereocenters. The molecule has 3 N–H and O–H groups in total. The lowest BCUT2D eigenvalue weighted by Crippen LogP contribution is -2.15. The highest BCUT2D eigenvalue weighted by Gasteiger charge is 2.04. The fraction of sp³-hybridized carbons (Fsp3) is 0. The van der Waals surface area contributed by atoms with Crippen LogP contribution in [0.15, 0.2) is 47.4 Å². The molecule has 0 aromatic heterocycles. The molecular formula is C11H10ClN3. The number of nitrogens with one attached hydrogen (secondary N) is 1. The quantitative estimate of drug-likeness (QED) is 0.760. The molecule has 0 fully saturated rings. The molecule has 1 aromatic carbocycles. The molecule has 0 saturated heterocycles. The van der Waals surface area contributed by atoms with E-state index in [0.29, 0.717) is 10.7 Å². The number of benzene rings is 1. The number of nitrogens with two attached hydrogens (primary N) is 1. The average molecular weight is 220 g/mol. The molecule has 1 aliphatic heterocycles. The van der Waals surface area contributed by atoms with E-state index in [1.54, 1.807) is 30.7 Å². The summed E-state index contributed by atoms with van der Waals surface area (Å²) >= 11 is 5.79. The van der Waals surface area contributed by atoms with Crippen LogP contribution in [0.5, 0.6) is 0 Å². The van der Waals surface area contributed by atoms with Crippen molar-refractivity contribution in [2.24, 2.45) is 10.7 Å². The van der Waals surface area contributed by atoms with Gasteiger partial charge in [-0.05, 0) is 17.7 Å². The summed E-state index contributed by atoms with van der Waals surface area (Å²) in [4.78, 5) is 3.99. The van der Waals surface area contributed by atoms with Crippen molar-refractivity contribution in [3.63, 3.8) is 0 Å². The predicted molar refractivity (Wildman–Crippen MR) is 63.3 cm³/mol. The first-order valence-corrected chi connectivity index (χ1v) is 4.85. The van der Waals surface area contributed by atoms with Crippen LogP contribution in [0.4, 0.5) is 0 Å². The van der Waals surface area contributed by atoms with Gasteiger partial charge in [0.1, 0.15) is 0 Å². The van der Waals surface area contributed by atoms with E-state index in [2.05, 4.69) is 10.3 Å². The molecule has 0 radical (unpaired) electrons. The lowest BCUT2D eigenvalue weighted by Gasteiger charge is -2.10. The number of allylic oxidation sites excluding steroid dienone is 1. The maximum Gasteiger partial charge on any atom is 0.0805 e. The van der Waals surface area contributed by atoms with Gasteiger partial charge in [0, 0.05) is 17.4 Å². The molecule has 76 valence electrons. The van der Waals surface area contributed by atoms with Crippen LogP contribution < -0.4 is 11.1 Å². The normalized spacial score (nSPS) is 17.4. The molecule has 0 amide bonds. The Kier molecular flexibility index (Phi) is 2.74. The van der Waals surface area contributed by atoms with E-state index in [9.17, 15) is 0 Å². The first-order chi connectivity index (χ1) is 7.27. The van der Waals surface area contributed by atoms with Crippen molar-refractivity contribution in [2.75, 3.05) is 0 Å². The lowest BCUT2D eigenvalue weighted by molar-refractivity contribution is 1.11. The maximum absolute atomic E-state index is 5.97. The van der Waals surface area contributed by atoms with E-state index >= 15 is 0 Å². The zero-order valence-corrected chi connectivity index (χ0v) is 8.70. The SMILES string of the molecule is N/C(=C1/C=NC=CN1)c1ccc(Cl)cc1. The first-order valence-electron chi connectivity index (χ1n) is 4.48. The summed E-state index contributed by atoms with van der Waals surface area (Å²) < 4.78 is 0. The second-order valence-corrected chi connectivity index (χ2v) is 3.51. The van der Waals surface area contributed by atoms with E-state index < -0.39 is 0 Å². The minimum absolute atomic E-state index is 0.653. The number of hydrogen-bond acceptors (Lipinski definition) is 3. The average Bonchev–Trinajstić information content (AvgIpc) is 2.30. The van der Waals surface area contributed by atoms with E-state index in [1.165, 1.54) is 0 Å². The Morgan fingerprint density at radius 1 is 1.27 bits per heavy atom. The minimum Gasteiger partial charge on any atom is -0.397 e. The standard InChI is InChI=1S/C11H10ClN3/c12-9-3-1-8(2-4-9)11(13)10-7-14-5-6-15-10/h1-7,15H,13H2/b11-10-. The lowest BCUT2D eigenvalue weighted by atomic mass is 10.1. The maximum atomic E-state index is 5.97. The van der Waals surface area contributed by atoms with Crippen molar-refractivity contribution in [2.45, 2.75) is 0 Å². The predicted octanol–water partition coefficient (Wildman–Crippen LogP) is 2.11. The third kappa shape index (κ3) is 2.19. The van der Waals surface area contributed by atoms with Gasteiger partial charge in [0.2, 0.25) is 0 Å². The summed E-state index contributed by atoms with van der Waals surface area (Å²) in [5.74, 6) is 0. The molecule has 1 aromatic rings. The second-order valence-electron chi connectivity index (χ2n) is 3.07. The Balaban J connectivity index is 2.34. The molecule has 1 aliphatic rings. The van der Waals surface area contributed by atoms with Gasteiger partial charge in [0.15, 0.2) is 0 Å². The largest absolute Gasteiger partial charge is 0.397 e. The van der Waals surface area contributed by atoms with Gasteiger partial charge in [0.05, 0.1) is 17.6 Å². The van der Waals surface area contributed by atoms with Gasteiger partial charge in [-0.25, -0.2) is 0 Å². The Hall–Kier alpha value is -1.74. The van der Waals surface area contributed by atoms with E-state index in [1.807, 2.05) is 12.1 Å². The van der Waals surface area contributed by atoms with Crippen LogP contribution in [-0.2, 0) is 0 Å². The third-order valence-corrected chi connectivity index (χ3v) is 2.30. The van der Waals surface area contributed by atoms with Crippen molar-refractivity contribution in [1.29, 1.82) is 0 Å². The van der Waals surface area contributed by atoms with Crippen LogP contribution in [0, 0.1) is 0 Å². The smallest absolute Gasteiger partial charge is 0.0805 e. The molecule has 2 rings (SSSR count). The highest BCUT2D eigenvalue weighted by atomic mass is 35.5. The summed E-state index contributed by atoms with van der Waals surface area (Å²) in [6, 6.07) is 7.36. The number of halogens is 1. The summed E-state index contributed by atoms with van der Waals surface area (Å²) in [5, 5.41) is 3.72. The number of nitrogens with zero attached hydrogens (tertiary/aromatic N) is 1. The van der Waals surface area contributed by atoms with Crippen LogP contribution in [0.2, 0.25) is 5.02 Å². The van der Waals surface area contributed by atoms with Gasteiger partial charge in [-0.2, -0.15) is 0 Å². The van der Waals surface area contributed by atoms with Crippen molar-refractivity contribution in [3.05, 3.63) is 52.9 Å². The van der Waals surface area contributed by atoms with Crippen molar-refractivity contribution in [1.82, 2.24) is 5.32 Å². The molecule has 0 bridgehead atoms. The van der Waals surface area contributed by atoms with Crippen molar-refractivity contribution < 1.29 is 0 Å². The summed E-state index contributed by atoms with van der Waals surface area (Å²) in [7, 11) is 0. The topological polar surface area (TPSA) is 50.4 Å². The fourth-order valence-corrected chi connectivity index (χ4v) is 1.38. The molecule has 1 heterocycles. The van der Waals surface area contributed by atoms with Gasteiger partial charge in [0.25, 0.3) is 0 Å². The van der Waals surface area contributed by atoms with Crippen molar-refractivity contribution >= 4 is 23.5 Å². The van der Waals surface area contributed by atoms with Gasteiger partial charge >= 0.3 is 0 Å². The monoisotopic (exact) mass is 219 g/mol. The van der Waals surface area contributed by atoms with Crippen LogP contribution >= 0.6 is 11.6 Å². The van der Waals surface area contributed by atoms with Gasteiger partial charge < -0.3 is 11.1 Å². The van der Waals surface area contributed by atoms with Crippen LogP contribution in [0.1, 0.15) is 5.56 Å². The van der Waals surface area contributed by atoms with E-state index in [4.69, 9.17) is 17.3 Å². The van der Waals surface area contributed by atoms with Gasteiger partial charge in [-0.1, -0.05) is 23.7 Å². The second kappa shape index (κ2) is 4.19. The molecule has 0 atom stereocenters. The molecule has 0 aliphatic carbocycles. The number of aliphatic imine (C=N–C) groups is 1. The highest BCUT2D eigenvalue weighted by molar-refractivity contribution is 6.30. The Labute approximate surface area is 93.0 Å². The summed E-state index contributed by atoms with van der Waals surface area (Å²) in [6.07, 6.45) is 5.08. The van der Waals surface area contributed by atoms with Crippen LogP contribution in [0.25, 0.3) is 5.70 Å². The van der Waals surface area contributed by atoms with Crippen LogP contribution in [0.3, 0.4) is 0 Å². The molecule has 3 nitrogen and oxygen atoms in total. The first kappa shape index (κ1) is 9.80. The molecular weight excluding hydrogens is 210 g/mol. The van der Waals surface area contributed by atoms with E-state index in [-0.39, 0.29) is 0 Å². The summed E-state index contributed by atoms with van der Waals surface area (Å²) in [6.45, 7) is 0. The van der Waals surface area contributed by atoms with Gasteiger partial charge in [-0.15, -0.1) is 0 Å². The van der Waals surface area contributed by atoms with E-state index in [0.717, 1.165) is 11.3 Å². The molecule has 4 heteroatoms. The number of hydrogen-bond donors (Lipinski definition) is 2. The molecule has 0 spiro atoms. The zero-order chi connectivity index (χ0) is 10.7. The number of rotatable bonds is 1. The fourth-order valence-electron chi connectivity index (χ4n) is 1.26. The Bertz CT molecular complexity index is 443. The molecule has 0 saturated carbocycles. The summed E-state index contributed by atoms with van der Waals surface area (Å²) in [5.41, 5.74) is 8.33. The minimum atomic E-state index is 0.653. The zero-order valence-electron chi connectivity index (χ0n) is 7.94. The molecule has 15 heavy (non-hydrogen) atoms. The van der Waals surface area contributed by atoms with Crippen molar-refractivity contribution in [3.8, 4) is 0 Å². The Morgan fingerprint density at radius 3 is 2.60 bits per heavy atom. The van der Waals surface area contributed by atoms with Crippen LogP contribution in [-0.4, -0.2) is 6.21 Å². The Morgan fingerprint density at radius 2 is 2.00 bits per heavy atom.